The third-order valence-electron chi connectivity index (χ3n) is 3.85. The first-order valence-corrected chi connectivity index (χ1v) is 6.98. The van der Waals surface area contributed by atoms with E-state index in [1.165, 1.54) is 18.2 Å². The Kier molecular flexibility index (Phi) is 3.45. The van der Waals surface area contributed by atoms with Crippen molar-refractivity contribution in [1.82, 2.24) is 15.5 Å². The molecule has 0 unspecified atom stereocenters. The number of carbonyl (C=O) groups excluding carboxylic acids is 1. The van der Waals surface area contributed by atoms with Gasteiger partial charge in [0.2, 0.25) is 5.89 Å². The molecule has 1 aliphatic carbocycles. The molecule has 1 aromatic heterocycles. The average molecular weight is 289 g/mol. The molecule has 0 saturated heterocycles. The molecule has 1 heterocycles. The average Bonchev–Trinajstić information content (AvgIpc) is 3.09. The lowest BCUT2D eigenvalue weighted by Gasteiger charge is -2.26. The van der Waals surface area contributed by atoms with Gasteiger partial charge < -0.3 is 9.84 Å². The lowest BCUT2D eigenvalue weighted by molar-refractivity contribution is 0.0891. The fraction of sp³-hybridized carbons (Fsp3) is 0.400. The molecule has 5 nitrogen and oxygen atoms in total. The van der Waals surface area contributed by atoms with Gasteiger partial charge in [-0.1, -0.05) is 24.1 Å². The summed E-state index contributed by atoms with van der Waals surface area (Å²) in [7, 11) is 0. The Bertz CT molecular complexity index is 662. The van der Waals surface area contributed by atoms with Gasteiger partial charge in [0.25, 0.3) is 5.91 Å². The van der Waals surface area contributed by atoms with Gasteiger partial charge >= 0.3 is 0 Å². The number of aryl methyl sites for hydroxylation is 1. The summed E-state index contributed by atoms with van der Waals surface area (Å²) < 4.78 is 18.3. The largest absolute Gasteiger partial charge is 0.340 e. The summed E-state index contributed by atoms with van der Waals surface area (Å²) in [4.78, 5) is 16.6. The second-order valence-corrected chi connectivity index (χ2v) is 5.39. The Morgan fingerprint density at radius 2 is 2.14 bits per heavy atom. The zero-order valence-corrected chi connectivity index (χ0v) is 11.7. The van der Waals surface area contributed by atoms with Gasteiger partial charge in [-0.05, 0) is 31.0 Å². The molecule has 0 spiro atoms. The highest BCUT2D eigenvalue weighted by Gasteiger charge is 2.41. The van der Waals surface area contributed by atoms with Crippen molar-refractivity contribution in [3.05, 3.63) is 47.4 Å². The maximum absolute atomic E-state index is 13.2. The molecule has 0 radical (unpaired) electrons. The Labute approximate surface area is 121 Å². The first-order valence-electron chi connectivity index (χ1n) is 6.98. The number of amides is 1. The van der Waals surface area contributed by atoms with E-state index in [0.29, 0.717) is 17.3 Å². The summed E-state index contributed by atoms with van der Waals surface area (Å²) >= 11 is 0. The van der Waals surface area contributed by atoms with Crippen molar-refractivity contribution in [3.8, 4) is 0 Å². The van der Waals surface area contributed by atoms with Crippen LogP contribution in [0.5, 0.6) is 0 Å². The number of nitrogens with one attached hydrogen (secondary N) is 1. The monoisotopic (exact) mass is 289 g/mol. The van der Waals surface area contributed by atoms with Gasteiger partial charge in [-0.15, -0.1) is 0 Å². The molecule has 1 saturated carbocycles. The third kappa shape index (κ3) is 2.66. The number of hydrogen-bond acceptors (Lipinski definition) is 4. The number of nitrogens with zero attached hydrogens (tertiary/aromatic N) is 2. The number of benzene rings is 1. The molecular formula is C15H16FN3O2. The quantitative estimate of drug-likeness (QED) is 0.943. The Morgan fingerprint density at radius 3 is 2.76 bits per heavy atom. The van der Waals surface area contributed by atoms with Gasteiger partial charge in [0.15, 0.2) is 5.82 Å². The standard InChI is InChI=1S/C15H16FN3O2/c1-10-17-14(19-21-10)15(7-2-3-8-15)18-13(20)11-5-4-6-12(16)9-11/h4-6,9H,2-3,7-8H2,1H3,(H,18,20). The molecule has 1 fully saturated rings. The molecule has 1 aromatic carbocycles. The Morgan fingerprint density at radius 1 is 1.38 bits per heavy atom. The van der Waals surface area contributed by atoms with Gasteiger partial charge in [-0.2, -0.15) is 4.98 Å². The second kappa shape index (κ2) is 5.27. The van der Waals surface area contributed by atoms with Crippen molar-refractivity contribution >= 4 is 5.91 Å². The van der Waals surface area contributed by atoms with Gasteiger partial charge in [-0.3, -0.25) is 4.79 Å². The highest BCUT2D eigenvalue weighted by atomic mass is 19.1. The Balaban J connectivity index is 1.87. The summed E-state index contributed by atoms with van der Waals surface area (Å²) in [6.07, 6.45) is 3.48. The highest BCUT2D eigenvalue weighted by molar-refractivity contribution is 5.94. The van der Waals surface area contributed by atoms with E-state index in [1.54, 1.807) is 13.0 Å². The van der Waals surface area contributed by atoms with E-state index in [-0.39, 0.29) is 5.91 Å². The van der Waals surface area contributed by atoms with Crippen LogP contribution in [0.3, 0.4) is 0 Å². The number of rotatable bonds is 3. The van der Waals surface area contributed by atoms with Crippen LogP contribution in [0.4, 0.5) is 4.39 Å². The summed E-state index contributed by atoms with van der Waals surface area (Å²) in [5, 5.41) is 6.93. The molecule has 2 aromatic rings. The first kappa shape index (κ1) is 13.7. The van der Waals surface area contributed by atoms with E-state index >= 15 is 0 Å². The summed E-state index contributed by atoms with van der Waals surface area (Å²) in [6, 6.07) is 5.64. The fourth-order valence-electron chi connectivity index (χ4n) is 2.80. The minimum atomic E-state index is -0.610. The fourth-order valence-corrected chi connectivity index (χ4v) is 2.80. The molecule has 3 rings (SSSR count). The maximum Gasteiger partial charge on any atom is 0.252 e. The van der Waals surface area contributed by atoms with Crippen molar-refractivity contribution in [2.45, 2.75) is 38.1 Å². The van der Waals surface area contributed by atoms with E-state index in [9.17, 15) is 9.18 Å². The smallest absolute Gasteiger partial charge is 0.252 e. The SMILES string of the molecule is Cc1nc(C2(NC(=O)c3cccc(F)c3)CCCC2)no1. The normalized spacial score (nSPS) is 16.9. The molecule has 1 N–H and O–H groups in total. The molecule has 21 heavy (non-hydrogen) atoms. The molecule has 110 valence electrons. The lowest BCUT2D eigenvalue weighted by Crippen LogP contribution is -2.44. The van der Waals surface area contributed by atoms with Crippen molar-refractivity contribution in [3.63, 3.8) is 0 Å². The molecule has 1 amide bonds. The minimum Gasteiger partial charge on any atom is -0.340 e. The van der Waals surface area contributed by atoms with Crippen LogP contribution in [0.25, 0.3) is 0 Å². The van der Waals surface area contributed by atoms with E-state index in [0.717, 1.165) is 25.7 Å². The van der Waals surface area contributed by atoms with E-state index < -0.39 is 11.4 Å². The molecule has 6 heteroatoms. The predicted molar refractivity (Wildman–Crippen MR) is 73.0 cm³/mol. The van der Waals surface area contributed by atoms with Crippen LogP contribution in [-0.2, 0) is 5.54 Å². The summed E-state index contributed by atoms with van der Waals surface area (Å²) in [5.74, 6) is 0.218. The van der Waals surface area contributed by atoms with E-state index in [4.69, 9.17) is 4.52 Å². The molecule has 1 aliphatic rings. The molecular weight excluding hydrogens is 273 g/mol. The van der Waals surface area contributed by atoms with Crippen LogP contribution in [0, 0.1) is 12.7 Å². The van der Waals surface area contributed by atoms with Crippen molar-refractivity contribution in [2.75, 3.05) is 0 Å². The zero-order chi connectivity index (χ0) is 14.9. The van der Waals surface area contributed by atoms with Crippen molar-refractivity contribution in [2.24, 2.45) is 0 Å². The maximum atomic E-state index is 13.2. The van der Waals surface area contributed by atoms with Crippen LogP contribution >= 0.6 is 0 Å². The van der Waals surface area contributed by atoms with Gasteiger partial charge in [0.1, 0.15) is 11.4 Å². The highest BCUT2D eigenvalue weighted by Crippen LogP contribution is 2.37. The molecule has 0 aliphatic heterocycles. The van der Waals surface area contributed by atoms with Crippen LogP contribution < -0.4 is 5.32 Å². The molecule has 0 atom stereocenters. The topological polar surface area (TPSA) is 68.0 Å². The van der Waals surface area contributed by atoms with Crippen molar-refractivity contribution in [1.29, 1.82) is 0 Å². The number of carbonyl (C=O) groups is 1. The van der Waals surface area contributed by atoms with E-state index in [1.807, 2.05) is 0 Å². The van der Waals surface area contributed by atoms with E-state index in [2.05, 4.69) is 15.5 Å². The molecule has 0 bridgehead atoms. The van der Waals surface area contributed by atoms with Crippen LogP contribution in [0.2, 0.25) is 0 Å². The number of halogens is 1. The zero-order valence-electron chi connectivity index (χ0n) is 11.7. The number of hydrogen-bond donors (Lipinski definition) is 1. The second-order valence-electron chi connectivity index (χ2n) is 5.39. The van der Waals surface area contributed by atoms with Gasteiger partial charge in [0, 0.05) is 12.5 Å². The predicted octanol–water partition coefficient (Wildman–Crippen LogP) is 2.72. The summed E-state index contributed by atoms with van der Waals surface area (Å²) in [5.41, 5.74) is -0.317. The number of aromatic nitrogens is 2. The third-order valence-corrected chi connectivity index (χ3v) is 3.85. The van der Waals surface area contributed by atoms with Crippen LogP contribution in [0.15, 0.2) is 28.8 Å². The van der Waals surface area contributed by atoms with Gasteiger partial charge in [-0.25, -0.2) is 4.39 Å². The lowest BCUT2D eigenvalue weighted by atomic mass is 9.96. The van der Waals surface area contributed by atoms with Crippen molar-refractivity contribution < 1.29 is 13.7 Å². The van der Waals surface area contributed by atoms with Gasteiger partial charge in [0.05, 0.1) is 0 Å². The first-order chi connectivity index (χ1) is 10.1. The minimum absolute atomic E-state index is 0.293. The Hall–Kier alpha value is -2.24. The van der Waals surface area contributed by atoms with Crippen LogP contribution in [-0.4, -0.2) is 16.0 Å². The van der Waals surface area contributed by atoms with Crippen LogP contribution in [0.1, 0.15) is 47.8 Å². The summed E-state index contributed by atoms with van der Waals surface area (Å²) in [6.45, 7) is 1.72.